The topological polar surface area (TPSA) is 160 Å². The monoisotopic (exact) mass is 769 g/mol. The molecule has 11 nitrogen and oxygen atoms in total. The minimum absolute atomic E-state index is 0.0369. The number of benzene rings is 5. The molecule has 3 amide bonds. The molecule has 7 rings (SSSR count). The van der Waals surface area contributed by atoms with E-state index in [0.717, 1.165) is 44.5 Å². The van der Waals surface area contributed by atoms with Crippen molar-refractivity contribution < 1.29 is 38.6 Å². The molecule has 2 atom stereocenters. The lowest BCUT2D eigenvalue weighted by Crippen LogP contribution is -2.54. The number of rotatable bonds is 14. The SMILES string of the molecule is O=C(CNC(=O)OCC1c2ccccc2-c2ccccc21)N[C@@H](Cc1ccccc1)C(=O)N[C@@H](CSC(=O)OCC1c2ccccc2-c2ccccc21)C(=O)O. The normalized spacial score (nSPS) is 13.6. The number of carboxylic acid groups (broad SMARTS) is 1. The van der Waals surface area contributed by atoms with E-state index in [2.05, 4.69) is 16.0 Å². The van der Waals surface area contributed by atoms with Crippen LogP contribution in [0.1, 0.15) is 39.7 Å². The third kappa shape index (κ3) is 8.61. The van der Waals surface area contributed by atoms with Crippen molar-refractivity contribution >= 4 is 40.9 Å². The molecule has 56 heavy (non-hydrogen) atoms. The van der Waals surface area contributed by atoms with Crippen LogP contribution >= 0.6 is 11.8 Å². The number of ether oxygens (including phenoxy) is 2. The van der Waals surface area contributed by atoms with Crippen LogP contribution in [0.15, 0.2) is 127 Å². The summed E-state index contributed by atoms with van der Waals surface area (Å²) in [5.74, 6) is -3.46. The number of carboxylic acids is 1. The van der Waals surface area contributed by atoms with Crippen LogP contribution in [0.3, 0.4) is 0 Å². The van der Waals surface area contributed by atoms with Crippen LogP contribution in [0.2, 0.25) is 0 Å². The lowest BCUT2D eigenvalue weighted by molar-refractivity contribution is -0.141. The lowest BCUT2D eigenvalue weighted by atomic mass is 9.98. The summed E-state index contributed by atoms with van der Waals surface area (Å²) < 4.78 is 11.1. The number of amides is 3. The van der Waals surface area contributed by atoms with Crippen LogP contribution in [0.5, 0.6) is 0 Å². The molecular weight excluding hydrogens is 731 g/mol. The van der Waals surface area contributed by atoms with Gasteiger partial charge in [-0.3, -0.25) is 9.59 Å². The first-order valence-electron chi connectivity index (χ1n) is 18.2. The Balaban J connectivity index is 0.918. The smallest absolute Gasteiger partial charge is 0.407 e. The molecule has 12 heteroatoms. The third-order valence-electron chi connectivity index (χ3n) is 9.98. The number of carbonyl (C=O) groups is 5. The van der Waals surface area contributed by atoms with Gasteiger partial charge in [0.25, 0.3) is 0 Å². The van der Waals surface area contributed by atoms with Crippen LogP contribution in [0.25, 0.3) is 22.3 Å². The highest BCUT2D eigenvalue weighted by atomic mass is 32.2. The van der Waals surface area contributed by atoms with E-state index < -0.39 is 47.8 Å². The number of aliphatic carboxylic acids is 1. The quantitative estimate of drug-likeness (QED) is 0.0925. The Kier molecular flexibility index (Phi) is 11.8. The van der Waals surface area contributed by atoms with Gasteiger partial charge in [0, 0.05) is 24.0 Å². The second-order valence-electron chi connectivity index (χ2n) is 13.5. The van der Waals surface area contributed by atoms with Crippen LogP contribution in [0, 0.1) is 0 Å². The van der Waals surface area contributed by atoms with E-state index in [4.69, 9.17) is 9.47 Å². The molecule has 284 valence electrons. The molecule has 5 aromatic carbocycles. The second-order valence-corrected chi connectivity index (χ2v) is 14.4. The number of thioether (sulfide) groups is 1. The van der Waals surface area contributed by atoms with Gasteiger partial charge in [0.15, 0.2) is 0 Å². The molecule has 2 aliphatic carbocycles. The summed E-state index contributed by atoms with van der Waals surface area (Å²) in [5, 5.41) is 16.8. The predicted molar refractivity (Wildman–Crippen MR) is 212 cm³/mol. The van der Waals surface area contributed by atoms with E-state index in [1.54, 1.807) is 30.3 Å². The Bertz CT molecular complexity index is 2170. The molecule has 0 saturated heterocycles. The Morgan fingerprint density at radius 3 is 1.55 bits per heavy atom. The van der Waals surface area contributed by atoms with Crippen molar-refractivity contribution in [3.63, 3.8) is 0 Å². The second kappa shape index (κ2) is 17.4. The van der Waals surface area contributed by atoms with Crippen LogP contribution in [-0.2, 0) is 30.3 Å². The van der Waals surface area contributed by atoms with E-state index in [-0.39, 0.29) is 37.2 Å². The Morgan fingerprint density at radius 2 is 1.05 bits per heavy atom. The number of hydrogen-bond donors (Lipinski definition) is 4. The summed E-state index contributed by atoms with van der Waals surface area (Å²) >= 11 is 0.642. The van der Waals surface area contributed by atoms with E-state index in [0.29, 0.717) is 17.3 Å². The molecule has 4 N–H and O–H groups in total. The summed E-state index contributed by atoms with van der Waals surface area (Å²) in [6.45, 7) is -0.362. The average Bonchev–Trinajstić information content (AvgIpc) is 3.72. The third-order valence-corrected chi connectivity index (χ3v) is 10.8. The summed E-state index contributed by atoms with van der Waals surface area (Å²) in [7, 11) is 0. The first kappa shape index (κ1) is 37.9. The van der Waals surface area contributed by atoms with E-state index >= 15 is 0 Å². The molecule has 0 aromatic heterocycles. The van der Waals surface area contributed by atoms with Crippen molar-refractivity contribution in [2.45, 2.75) is 30.3 Å². The van der Waals surface area contributed by atoms with Crippen molar-refractivity contribution in [3.05, 3.63) is 155 Å². The van der Waals surface area contributed by atoms with Gasteiger partial charge in [-0.2, -0.15) is 0 Å². The minimum atomic E-state index is -1.47. The molecule has 0 saturated carbocycles. The van der Waals surface area contributed by atoms with Gasteiger partial charge in [0.2, 0.25) is 11.8 Å². The van der Waals surface area contributed by atoms with Crippen molar-refractivity contribution in [1.29, 1.82) is 0 Å². The zero-order valence-electron chi connectivity index (χ0n) is 30.2. The maximum atomic E-state index is 13.5. The maximum Gasteiger partial charge on any atom is 0.407 e. The van der Waals surface area contributed by atoms with E-state index in [9.17, 15) is 29.1 Å². The van der Waals surface area contributed by atoms with Crippen molar-refractivity contribution in [2.24, 2.45) is 0 Å². The fourth-order valence-electron chi connectivity index (χ4n) is 7.34. The Hall–Kier alpha value is -6.40. The van der Waals surface area contributed by atoms with Gasteiger partial charge in [-0.25, -0.2) is 14.4 Å². The standard InChI is InChI=1S/C44H39N3O8S/c48-40(23-45-43(52)54-24-36-32-18-8-4-14-28(32)29-15-5-9-19-33(29)36)46-38(22-27-12-2-1-3-13-27)41(49)47-39(42(50)51)26-56-44(53)55-25-37-34-20-10-6-16-30(34)31-17-7-11-21-35(31)37/h1-21,36-39H,22-26H2,(H,45,52)(H,46,48)(H,47,49)(H,50,51)/t38-,39-/m0/s1. The molecule has 0 aliphatic heterocycles. The van der Waals surface area contributed by atoms with Gasteiger partial charge >= 0.3 is 17.4 Å². The number of carbonyl (C=O) groups excluding carboxylic acids is 4. The number of fused-ring (bicyclic) bond motifs is 6. The molecule has 2 aliphatic rings. The highest BCUT2D eigenvalue weighted by Crippen LogP contribution is 2.45. The highest BCUT2D eigenvalue weighted by molar-refractivity contribution is 8.13. The first-order valence-corrected chi connectivity index (χ1v) is 19.2. The van der Waals surface area contributed by atoms with Crippen molar-refractivity contribution in [1.82, 2.24) is 16.0 Å². The zero-order valence-corrected chi connectivity index (χ0v) is 31.0. The fourth-order valence-corrected chi connectivity index (χ4v) is 8.02. The largest absolute Gasteiger partial charge is 0.480 e. The number of nitrogens with one attached hydrogen (secondary N) is 3. The maximum absolute atomic E-state index is 13.5. The molecule has 0 bridgehead atoms. The molecule has 0 spiro atoms. The van der Waals surface area contributed by atoms with Gasteiger partial charge in [-0.1, -0.05) is 127 Å². The zero-order chi connectivity index (χ0) is 39.0. The van der Waals surface area contributed by atoms with E-state index in [1.165, 1.54) is 0 Å². The molecule has 0 radical (unpaired) electrons. The van der Waals surface area contributed by atoms with Crippen LogP contribution in [0.4, 0.5) is 9.59 Å². The average molecular weight is 770 g/mol. The minimum Gasteiger partial charge on any atom is -0.480 e. The molecule has 0 fully saturated rings. The first-order chi connectivity index (χ1) is 27.3. The molecule has 0 heterocycles. The number of hydrogen-bond acceptors (Lipinski definition) is 8. The van der Waals surface area contributed by atoms with E-state index in [1.807, 2.05) is 97.1 Å². The van der Waals surface area contributed by atoms with Crippen LogP contribution in [-0.4, -0.2) is 71.9 Å². The lowest BCUT2D eigenvalue weighted by Gasteiger charge is -2.22. The van der Waals surface area contributed by atoms with Gasteiger partial charge in [-0.15, -0.1) is 0 Å². The summed E-state index contributed by atoms with van der Waals surface area (Å²) in [4.78, 5) is 64.4. The van der Waals surface area contributed by atoms with Crippen molar-refractivity contribution in [2.75, 3.05) is 25.5 Å². The summed E-state index contributed by atoms with van der Waals surface area (Å²) in [5.41, 5.74) is 9.21. The van der Waals surface area contributed by atoms with Gasteiger partial charge in [0.1, 0.15) is 31.8 Å². The van der Waals surface area contributed by atoms with Gasteiger partial charge in [-0.05, 0) is 61.8 Å². The molecule has 0 unspecified atom stereocenters. The molecule has 5 aromatic rings. The highest BCUT2D eigenvalue weighted by Gasteiger charge is 2.32. The van der Waals surface area contributed by atoms with Gasteiger partial charge < -0.3 is 30.5 Å². The van der Waals surface area contributed by atoms with Crippen LogP contribution < -0.4 is 16.0 Å². The Labute approximate surface area is 327 Å². The summed E-state index contributed by atoms with van der Waals surface area (Å²) in [6.07, 6.45) is -0.767. The fraction of sp³-hybridized carbons (Fsp3) is 0.205. The number of alkyl carbamates (subject to hydrolysis) is 1. The summed E-state index contributed by atoms with van der Waals surface area (Å²) in [6, 6.07) is 37.9. The Morgan fingerprint density at radius 1 is 0.589 bits per heavy atom. The molecular formula is C44H39N3O8S. The van der Waals surface area contributed by atoms with Gasteiger partial charge in [0.05, 0.1) is 0 Å². The van der Waals surface area contributed by atoms with Crippen molar-refractivity contribution in [3.8, 4) is 22.3 Å². The predicted octanol–water partition coefficient (Wildman–Crippen LogP) is 6.50.